The Kier molecular flexibility index (Phi) is 4.96. The van der Waals surface area contributed by atoms with Crippen molar-refractivity contribution in [3.05, 3.63) is 55.3 Å². The van der Waals surface area contributed by atoms with Gasteiger partial charge in [-0.3, -0.25) is 14.3 Å². The van der Waals surface area contributed by atoms with E-state index in [1.807, 2.05) is 6.26 Å². The predicted octanol–water partition coefficient (Wildman–Crippen LogP) is 2.87. The first kappa shape index (κ1) is 15.2. The molecule has 0 unspecified atom stereocenters. The molecular weight excluding hydrogens is 319 g/mol. The standard InChI is InChI=1S/C13H12Cl2N2O2S/c1-20-7-6-17-12(18)10(11(15)16-13(17)19)8-4-2-3-5-9(8)14/h2-5H,6-7H2,1H3,(H,16,19). The van der Waals surface area contributed by atoms with Gasteiger partial charge in [-0.25, -0.2) is 4.79 Å². The third kappa shape index (κ3) is 2.95. The van der Waals surface area contributed by atoms with Crippen LogP contribution in [0.1, 0.15) is 0 Å². The van der Waals surface area contributed by atoms with Crippen LogP contribution < -0.4 is 11.2 Å². The second-order valence-electron chi connectivity index (χ2n) is 4.05. The van der Waals surface area contributed by atoms with Crippen LogP contribution in [0, 0.1) is 0 Å². The lowest BCUT2D eigenvalue weighted by Crippen LogP contribution is -2.36. The summed E-state index contributed by atoms with van der Waals surface area (Å²) in [5, 5.41) is 0.420. The summed E-state index contributed by atoms with van der Waals surface area (Å²) in [4.78, 5) is 26.8. The van der Waals surface area contributed by atoms with Gasteiger partial charge in [0, 0.05) is 22.9 Å². The summed E-state index contributed by atoms with van der Waals surface area (Å²) in [6.07, 6.45) is 1.91. The molecule has 0 saturated carbocycles. The van der Waals surface area contributed by atoms with Crippen LogP contribution in [0.3, 0.4) is 0 Å². The van der Waals surface area contributed by atoms with Crippen molar-refractivity contribution in [2.75, 3.05) is 12.0 Å². The molecule has 7 heteroatoms. The Hall–Kier alpha value is -1.17. The van der Waals surface area contributed by atoms with Crippen LogP contribution in [0.5, 0.6) is 0 Å². The molecule has 0 saturated heterocycles. The molecule has 1 aromatic heterocycles. The number of hydrogen-bond donors (Lipinski definition) is 1. The largest absolute Gasteiger partial charge is 0.329 e. The summed E-state index contributed by atoms with van der Waals surface area (Å²) < 4.78 is 1.14. The number of nitrogens with one attached hydrogen (secondary N) is 1. The molecule has 1 N–H and O–H groups in total. The van der Waals surface area contributed by atoms with Crippen LogP contribution in [0.4, 0.5) is 0 Å². The number of aromatic nitrogens is 2. The minimum atomic E-state index is -0.509. The van der Waals surface area contributed by atoms with Crippen molar-refractivity contribution in [2.24, 2.45) is 0 Å². The first-order valence-electron chi connectivity index (χ1n) is 5.82. The highest BCUT2D eigenvalue weighted by atomic mass is 35.5. The van der Waals surface area contributed by atoms with Gasteiger partial charge in [0.15, 0.2) is 0 Å². The third-order valence-corrected chi connectivity index (χ3v) is 4.01. The summed E-state index contributed by atoms with van der Waals surface area (Å²) in [6.45, 7) is 0.323. The molecule has 0 amide bonds. The fourth-order valence-corrected chi connectivity index (χ4v) is 2.69. The zero-order valence-corrected chi connectivity index (χ0v) is 13.0. The molecular formula is C13H12Cl2N2O2S. The SMILES string of the molecule is CSCCn1c(=O)[nH]c(Cl)c(-c2ccccc2Cl)c1=O. The number of thioether (sulfide) groups is 1. The molecule has 0 spiro atoms. The van der Waals surface area contributed by atoms with Gasteiger partial charge in [-0.2, -0.15) is 11.8 Å². The topological polar surface area (TPSA) is 54.9 Å². The fourth-order valence-electron chi connectivity index (χ4n) is 1.83. The van der Waals surface area contributed by atoms with Crippen molar-refractivity contribution in [3.63, 3.8) is 0 Å². The first-order chi connectivity index (χ1) is 9.56. The Morgan fingerprint density at radius 3 is 2.60 bits per heavy atom. The van der Waals surface area contributed by atoms with E-state index in [1.54, 1.807) is 36.0 Å². The number of rotatable bonds is 4. The van der Waals surface area contributed by atoms with Crippen LogP contribution in [-0.4, -0.2) is 21.6 Å². The van der Waals surface area contributed by atoms with E-state index in [1.165, 1.54) is 0 Å². The lowest BCUT2D eigenvalue weighted by molar-refractivity contribution is 0.682. The Labute approximate surface area is 129 Å². The molecule has 1 heterocycles. The number of aromatic amines is 1. The van der Waals surface area contributed by atoms with Gasteiger partial charge >= 0.3 is 5.69 Å². The van der Waals surface area contributed by atoms with Gasteiger partial charge in [-0.15, -0.1) is 0 Å². The Morgan fingerprint density at radius 2 is 1.95 bits per heavy atom. The summed E-state index contributed by atoms with van der Waals surface area (Å²) in [5.74, 6) is 0.659. The summed E-state index contributed by atoms with van der Waals surface area (Å²) in [7, 11) is 0. The molecule has 2 rings (SSSR count). The van der Waals surface area contributed by atoms with E-state index in [9.17, 15) is 9.59 Å². The molecule has 0 bridgehead atoms. The lowest BCUT2D eigenvalue weighted by Gasteiger charge is -2.09. The number of nitrogens with zero attached hydrogens (tertiary/aromatic N) is 1. The maximum atomic E-state index is 12.5. The Morgan fingerprint density at radius 1 is 1.25 bits per heavy atom. The molecule has 1 aromatic carbocycles. The van der Waals surface area contributed by atoms with Gasteiger partial charge in [-0.1, -0.05) is 41.4 Å². The quantitative estimate of drug-likeness (QED) is 0.877. The Balaban J connectivity index is 2.68. The van der Waals surface area contributed by atoms with Crippen LogP contribution in [-0.2, 0) is 6.54 Å². The van der Waals surface area contributed by atoms with Gasteiger partial charge < -0.3 is 0 Å². The lowest BCUT2D eigenvalue weighted by atomic mass is 10.1. The van der Waals surface area contributed by atoms with Gasteiger partial charge in [-0.05, 0) is 12.3 Å². The summed E-state index contributed by atoms with van der Waals surface area (Å²) in [6, 6.07) is 6.89. The first-order valence-corrected chi connectivity index (χ1v) is 7.97. The van der Waals surface area contributed by atoms with E-state index in [0.29, 0.717) is 22.9 Å². The highest BCUT2D eigenvalue weighted by molar-refractivity contribution is 7.98. The molecule has 4 nitrogen and oxygen atoms in total. The van der Waals surface area contributed by atoms with Crippen molar-refractivity contribution < 1.29 is 0 Å². The maximum Gasteiger partial charge on any atom is 0.329 e. The van der Waals surface area contributed by atoms with Crippen molar-refractivity contribution in [1.82, 2.24) is 9.55 Å². The average Bonchev–Trinajstić information content (AvgIpc) is 2.40. The molecule has 0 fully saturated rings. The molecule has 0 aliphatic rings. The minimum Gasteiger partial charge on any atom is -0.297 e. The van der Waals surface area contributed by atoms with E-state index < -0.39 is 11.2 Å². The van der Waals surface area contributed by atoms with Gasteiger partial charge in [0.2, 0.25) is 0 Å². The van der Waals surface area contributed by atoms with Crippen LogP contribution in [0.15, 0.2) is 33.9 Å². The molecule has 0 radical (unpaired) electrons. The zero-order valence-electron chi connectivity index (χ0n) is 10.7. The number of halogens is 2. The normalized spacial score (nSPS) is 10.8. The van der Waals surface area contributed by atoms with Crippen molar-refractivity contribution >= 4 is 35.0 Å². The van der Waals surface area contributed by atoms with E-state index in [4.69, 9.17) is 23.2 Å². The van der Waals surface area contributed by atoms with Crippen LogP contribution in [0.25, 0.3) is 11.1 Å². The molecule has 106 valence electrons. The third-order valence-electron chi connectivity index (χ3n) is 2.80. The highest BCUT2D eigenvalue weighted by Gasteiger charge is 2.16. The molecule has 2 aromatic rings. The molecule has 20 heavy (non-hydrogen) atoms. The second-order valence-corrected chi connectivity index (χ2v) is 5.82. The number of hydrogen-bond acceptors (Lipinski definition) is 3. The van der Waals surface area contributed by atoms with Crippen LogP contribution in [0.2, 0.25) is 10.2 Å². The van der Waals surface area contributed by atoms with E-state index in [-0.39, 0.29) is 10.7 Å². The highest BCUT2D eigenvalue weighted by Crippen LogP contribution is 2.28. The monoisotopic (exact) mass is 330 g/mol. The predicted molar refractivity (Wildman–Crippen MR) is 85.2 cm³/mol. The van der Waals surface area contributed by atoms with Gasteiger partial charge in [0.05, 0.1) is 5.56 Å². The minimum absolute atomic E-state index is 0.00787. The van der Waals surface area contributed by atoms with Gasteiger partial charge in [0.1, 0.15) is 5.15 Å². The number of H-pyrrole nitrogens is 1. The molecule has 0 aliphatic carbocycles. The summed E-state index contributed by atoms with van der Waals surface area (Å²) >= 11 is 13.7. The average molecular weight is 331 g/mol. The molecule has 0 aliphatic heterocycles. The van der Waals surface area contributed by atoms with E-state index in [2.05, 4.69) is 4.98 Å². The zero-order chi connectivity index (χ0) is 14.7. The van der Waals surface area contributed by atoms with E-state index >= 15 is 0 Å². The number of benzene rings is 1. The Bertz CT molecular complexity index is 740. The van der Waals surface area contributed by atoms with Crippen molar-refractivity contribution in [1.29, 1.82) is 0 Å². The smallest absolute Gasteiger partial charge is 0.297 e. The van der Waals surface area contributed by atoms with E-state index in [0.717, 1.165) is 4.57 Å². The van der Waals surface area contributed by atoms with Crippen molar-refractivity contribution in [2.45, 2.75) is 6.54 Å². The van der Waals surface area contributed by atoms with Crippen molar-refractivity contribution in [3.8, 4) is 11.1 Å². The summed E-state index contributed by atoms with van der Waals surface area (Å²) in [5.41, 5.74) is -0.206. The second kappa shape index (κ2) is 6.52. The maximum absolute atomic E-state index is 12.5. The van der Waals surface area contributed by atoms with Crippen LogP contribution >= 0.6 is 35.0 Å². The molecule has 0 atom stereocenters. The van der Waals surface area contributed by atoms with Gasteiger partial charge in [0.25, 0.3) is 5.56 Å². The fraction of sp³-hybridized carbons (Fsp3) is 0.231.